The van der Waals surface area contributed by atoms with E-state index in [1.54, 1.807) is 55.5 Å². The fourth-order valence-corrected chi connectivity index (χ4v) is 2.80. The molecule has 0 radical (unpaired) electrons. The maximum Gasteiger partial charge on any atom is 0.237 e. The van der Waals surface area contributed by atoms with Crippen molar-refractivity contribution in [1.29, 1.82) is 0 Å². The number of hydrogen-bond donors (Lipinski definition) is 2. The third-order valence-corrected chi connectivity index (χ3v) is 4.82. The highest BCUT2D eigenvalue weighted by atomic mass is 35.5. The van der Waals surface area contributed by atoms with Crippen LogP contribution in [-0.2, 0) is 9.59 Å². The minimum Gasteiger partial charge on any atom is -0.325 e. The highest BCUT2D eigenvalue weighted by Crippen LogP contribution is 2.22. The molecule has 4 nitrogen and oxygen atoms in total. The second kappa shape index (κ2) is 8.97. The Morgan fingerprint density at radius 2 is 1.71 bits per heavy atom. The predicted octanol–water partition coefficient (Wildman–Crippen LogP) is 4.69. The number of rotatable bonds is 6. The number of amides is 2. The monoisotopic (exact) mass is 382 g/mol. The summed E-state index contributed by atoms with van der Waals surface area (Å²) in [6.45, 7) is 1.74. The van der Waals surface area contributed by atoms with Crippen molar-refractivity contribution in [2.24, 2.45) is 0 Å². The molecule has 0 aliphatic rings. The van der Waals surface area contributed by atoms with E-state index in [9.17, 15) is 9.59 Å². The van der Waals surface area contributed by atoms with Crippen LogP contribution in [0.5, 0.6) is 0 Å². The molecule has 0 fully saturated rings. The van der Waals surface area contributed by atoms with Crippen LogP contribution >= 0.6 is 35.0 Å². The molecule has 2 amide bonds. The fourth-order valence-electron chi connectivity index (χ4n) is 1.80. The van der Waals surface area contributed by atoms with Crippen LogP contribution in [0.1, 0.15) is 6.92 Å². The van der Waals surface area contributed by atoms with Crippen molar-refractivity contribution in [3.8, 4) is 0 Å². The quantitative estimate of drug-likeness (QED) is 0.761. The first-order valence-electron chi connectivity index (χ1n) is 7.18. The Kier molecular flexibility index (Phi) is 6.97. The first kappa shape index (κ1) is 18.6. The molecule has 0 saturated carbocycles. The average Bonchev–Trinajstić information content (AvgIpc) is 2.56. The zero-order valence-electron chi connectivity index (χ0n) is 12.9. The van der Waals surface area contributed by atoms with Crippen LogP contribution < -0.4 is 10.6 Å². The van der Waals surface area contributed by atoms with Gasteiger partial charge in [-0.2, -0.15) is 0 Å². The van der Waals surface area contributed by atoms with Crippen molar-refractivity contribution in [3.63, 3.8) is 0 Å². The van der Waals surface area contributed by atoms with E-state index in [1.807, 2.05) is 0 Å². The van der Waals surface area contributed by atoms with E-state index in [0.717, 1.165) is 0 Å². The van der Waals surface area contributed by atoms with E-state index < -0.39 is 5.25 Å². The second-order valence-electron chi connectivity index (χ2n) is 4.98. The number of halogens is 2. The number of carbonyl (C=O) groups is 2. The molecular weight excluding hydrogens is 367 g/mol. The Morgan fingerprint density at radius 3 is 2.38 bits per heavy atom. The number of para-hydroxylation sites is 1. The van der Waals surface area contributed by atoms with Gasteiger partial charge in [-0.25, -0.2) is 0 Å². The zero-order valence-corrected chi connectivity index (χ0v) is 15.2. The summed E-state index contributed by atoms with van der Waals surface area (Å²) in [5.41, 5.74) is 1.22. The second-order valence-corrected chi connectivity index (χ2v) is 7.15. The molecule has 24 heavy (non-hydrogen) atoms. The van der Waals surface area contributed by atoms with E-state index in [-0.39, 0.29) is 17.6 Å². The topological polar surface area (TPSA) is 58.2 Å². The molecule has 0 aromatic heterocycles. The number of carbonyl (C=O) groups excluding carboxylic acids is 2. The zero-order chi connectivity index (χ0) is 17.5. The smallest absolute Gasteiger partial charge is 0.237 e. The van der Waals surface area contributed by atoms with Crippen LogP contribution in [-0.4, -0.2) is 22.8 Å². The molecule has 7 heteroatoms. The van der Waals surface area contributed by atoms with Gasteiger partial charge in [-0.3, -0.25) is 9.59 Å². The highest BCUT2D eigenvalue weighted by molar-refractivity contribution is 8.01. The van der Waals surface area contributed by atoms with Crippen LogP contribution in [0.25, 0.3) is 0 Å². The highest BCUT2D eigenvalue weighted by Gasteiger charge is 2.16. The summed E-state index contributed by atoms with van der Waals surface area (Å²) in [7, 11) is 0. The molecule has 0 bridgehead atoms. The average molecular weight is 383 g/mol. The largest absolute Gasteiger partial charge is 0.325 e. The van der Waals surface area contributed by atoms with Gasteiger partial charge in [0, 0.05) is 10.7 Å². The number of hydrogen-bond acceptors (Lipinski definition) is 3. The van der Waals surface area contributed by atoms with Crippen LogP contribution in [0, 0.1) is 0 Å². The molecule has 2 N–H and O–H groups in total. The molecule has 0 heterocycles. The SMILES string of the molecule is C[C@@H](SCC(=O)Nc1ccc(Cl)cc1)C(=O)Nc1ccccc1Cl. The van der Waals surface area contributed by atoms with Gasteiger partial charge in [0.15, 0.2) is 0 Å². The number of benzene rings is 2. The van der Waals surface area contributed by atoms with Gasteiger partial charge in [0.1, 0.15) is 0 Å². The van der Waals surface area contributed by atoms with E-state index in [4.69, 9.17) is 23.2 Å². The number of anilines is 2. The van der Waals surface area contributed by atoms with Crippen molar-refractivity contribution in [2.75, 3.05) is 16.4 Å². The first-order chi connectivity index (χ1) is 11.5. The standard InChI is InChI=1S/C17H16Cl2N2O2S/c1-11(17(23)21-15-5-3-2-4-14(15)19)24-10-16(22)20-13-8-6-12(18)7-9-13/h2-9,11H,10H2,1H3,(H,20,22)(H,21,23)/t11-/m1/s1. The minimum absolute atomic E-state index is 0.166. The van der Waals surface area contributed by atoms with E-state index in [1.165, 1.54) is 11.8 Å². The molecule has 2 aromatic rings. The number of thioether (sulfide) groups is 1. The van der Waals surface area contributed by atoms with E-state index in [0.29, 0.717) is 21.4 Å². The van der Waals surface area contributed by atoms with Gasteiger partial charge in [0.2, 0.25) is 11.8 Å². The van der Waals surface area contributed by atoms with Gasteiger partial charge in [-0.05, 0) is 43.3 Å². The summed E-state index contributed by atoms with van der Waals surface area (Å²) in [5.74, 6) is -0.216. The summed E-state index contributed by atoms with van der Waals surface area (Å²) < 4.78 is 0. The summed E-state index contributed by atoms with van der Waals surface area (Å²) >= 11 is 13.0. The lowest BCUT2D eigenvalue weighted by atomic mass is 10.3. The van der Waals surface area contributed by atoms with Crippen molar-refractivity contribution >= 4 is 58.2 Å². The van der Waals surface area contributed by atoms with Crippen LogP contribution in [0.2, 0.25) is 10.0 Å². The molecule has 126 valence electrons. The van der Waals surface area contributed by atoms with Gasteiger partial charge >= 0.3 is 0 Å². The van der Waals surface area contributed by atoms with Crippen molar-refractivity contribution < 1.29 is 9.59 Å². The van der Waals surface area contributed by atoms with E-state index >= 15 is 0 Å². The Labute approximate surface area is 154 Å². The van der Waals surface area contributed by atoms with Gasteiger partial charge in [-0.1, -0.05) is 35.3 Å². The van der Waals surface area contributed by atoms with Crippen LogP contribution in [0.3, 0.4) is 0 Å². The fraction of sp³-hybridized carbons (Fsp3) is 0.176. The maximum absolute atomic E-state index is 12.1. The van der Waals surface area contributed by atoms with Gasteiger partial charge in [-0.15, -0.1) is 11.8 Å². The predicted molar refractivity (Wildman–Crippen MR) is 102 cm³/mol. The lowest BCUT2D eigenvalue weighted by molar-refractivity contribution is -0.115. The van der Waals surface area contributed by atoms with Crippen molar-refractivity contribution in [2.45, 2.75) is 12.2 Å². The molecule has 0 saturated heterocycles. The summed E-state index contributed by atoms with van der Waals surface area (Å²) in [4.78, 5) is 24.1. The van der Waals surface area contributed by atoms with Crippen LogP contribution in [0.15, 0.2) is 48.5 Å². The summed E-state index contributed by atoms with van der Waals surface area (Å²) in [6, 6.07) is 13.8. The Bertz CT molecular complexity index is 723. The number of nitrogens with one attached hydrogen (secondary N) is 2. The van der Waals surface area contributed by atoms with Gasteiger partial charge in [0.25, 0.3) is 0 Å². The third-order valence-electron chi connectivity index (χ3n) is 3.09. The molecular formula is C17H16Cl2N2O2S. The lowest BCUT2D eigenvalue weighted by Crippen LogP contribution is -2.25. The molecule has 2 aromatic carbocycles. The summed E-state index contributed by atoms with van der Waals surface area (Å²) in [6.07, 6.45) is 0. The molecule has 0 unspecified atom stereocenters. The minimum atomic E-state index is -0.391. The Hall–Kier alpha value is -1.69. The molecule has 0 spiro atoms. The summed E-state index contributed by atoms with van der Waals surface area (Å²) in [5, 5.41) is 6.19. The first-order valence-corrected chi connectivity index (χ1v) is 8.98. The Balaban J connectivity index is 1.80. The molecule has 0 aliphatic heterocycles. The maximum atomic E-state index is 12.1. The lowest BCUT2D eigenvalue weighted by Gasteiger charge is -2.13. The third kappa shape index (κ3) is 5.74. The molecule has 0 aliphatic carbocycles. The normalized spacial score (nSPS) is 11.6. The molecule has 2 rings (SSSR count). The van der Waals surface area contributed by atoms with Crippen LogP contribution in [0.4, 0.5) is 11.4 Å². The Morgan fingerprint density at radius 1 is 1.04 bits per heavy atom. The van der Waals surface area contributed by atoms with E-state index in [2.05, 4.69) is 10.6 Å². The van der Waals surface area contributed by atoms with Gasteiger partial charge < -0.3 is 10.6 Å². The molecule has 1 atom stereocenters. The van der Waals surface area contributed by atoms with Crippen molar-refractivity contribution in [1.82, 2.24) is 0 Å². The van der Waals surface area contributed by atoms with Gasteiger partial charge in [0.05, 0.1) is 21.7 Å². The van der Waals surface area contributed by atoms with Crippen molar-refractivity contribution in [3.05, 3.63) is 58.6 Å².